The second kappa shape index (κ2) is 7.97. The molecular formula is C21H18N4OS. The molecule has 3 heterocycles. The van der Waals surface area contributed by atoms with Crippen LogP contribution in [0.25, 0.3) is 16.4 Å². The fraction of sp³-hybridized carbons (Fsp3) is 0.0952. The summed E-state index contributed by atoms with van der Waals surface area (Å²) in [6.45, 7) is 0.545. The standard InChI is InChI=1S/C21H18N4OS/c26-20(16-6-8-18(9-7-16)25-13-3-4-14-25)23-12-10-17-15-27-21(24-17)19-5-1-2-11-22-19/h1-9,11,13-15H,10,12H2,(H,23,26). The van der Waals surface area contributed by atoms with Crippen LogP contribution in [0.3, 0.4) is 0 Å². The molecule has 0 aliphatic rings. The van der Waals surface area contributed by atoms with Crippen LogP contribution in [0.4, 0.5) is 0 Å². The lowest BCUT2D eigenvalue weighted by Gasteiger charge is -2.06. The van der Waals surface area contributed by atoms with Gasteiger partial charge in [-0.05, 0) is 48.5 Å². The van der Waals surface area contributed by atoms with Gasteiger partial charge in [0.2, 0.25) is 0 Å². The Morgan fingerprint density at radius 2 is 1.85 bits per heavy atom. The number of amides is 1. The highest BCUT2D eigenvalue weighted by atomic mass is 32.1. The third-order valence-electron chi connectivity index (χ3n) is 4.13. The molecule has 0 spiro atoms. The van der Waals surface area contributed by atoms with E-state index in [-0.39, 0.29) is 5.91 Å². The lowest BCUT2D eigenvalue weighted by atomic mass is 10.2. The number of rotatable bonds is 6. The van der Waals surface area contributed by atoms with Crippen molar-refractivity contribution in [3.8, 4) is 16.4 Å². The van der Waals surface area contributed by atoms with Gasteiger partial charge in [0.15, 0.2) is 0 Å². The highest BCUT2D eigenvalue weighted by molar-refractivity contribution is 7.13. The number of nitrogens with zero attached hydrogens (tertiary/aromatic N) is 3. The fourth-order valence-corrected chi connectivity index (χ4v) is 3.56. The van der Waals surface area contributed by atoms with E-state index in [4.69, 9.17) is 0 Å². The van der Waals surface area contributed by atoms with E-state index in [0.29, 0.717) is 18.5 Å². The largest absolute Gasteiger partial charge is 0.352 e. The van der Waals surface area contributed by atoms with Crippen LogP contribution < -0.4 is 5.32 Å². The molecule has 134 valence electrons. The number of pyridine rings is 1. The van der Waals surface area contributed by atoms with Crippen molar-refractivity contribution in [1.29, 1.82) is 0 Å². The molecular weight excluding hydrogens is 356 g/mol. The summed E-state index contributed by atoms with van der Waals surface area (Å²) in [6, 6.07) is 17.3. The maximum atomic E-state index is 12.3. The van der Waals surface area contributed by atoms with Crippen LogP contribution in [-0.4, -0.2) is 27.0 Å². The predicted molar refractivity (Wildman–Crippen MR) is 107 cm³/mol. The van der Waals surface area contributed by atoms with Crippen LogP contribution in [0.5, 0.6) is 0 Å². The highest BCUT2D eigenvalue weighted by Gasteiger charge is 2.08. The van der Waals surface area contributed by atoms with Gasteiger partial charge in [-0.15, -0.1) is 11.3 Å². The lowest BCUT2D eigenvalue weighted by Crippen LogP contribution is -2.25. The molecule has 1 amide bonds. The third kappa shape index (κ3) is 4.12. The SMILES string of the molecule is O=C(NCCc1csc(-c2ccccn2)n1)c1ccc(-n2cccc2)cc1. The van der Waals surface area contributed by atoms with Crippen LogP contribution in [-0.2, 0) is 6.42 Å². The molecule has 0 aliphatic heterocycles. The minimum atomic E-state index is -0.0748. The second-order valence-corrected chi connectivity index (χ2v) is 6.86. The van der Waals surface area contributed by atoms with Crippen LogP contribution >= 0.6 is 11.3 Å². The smallest absolute Gasteiger partial charge is 0.251 e. The Balaban J connectivity index is 1.31. The van der Waals surface area contributed by atoms with E-state index in [2.05, 4.69) is 15.3 Å². The molecule has 4 rings (SSSR count). The zero-order valence-corrected chi connectivity index (χ0v) is 15.4. The lowest BCUT2D eigenvalue weighted by molar-refractivity contribution is 0.0954. The van der Waals surface area contributed by atoms with Crippen LogP contribution in [0.15, 0.2) is 78.6 Å². The molecule has 0 atom stereocenters. The van der Waals surface area contributed by atoms with Crippen LogP contribution in [0.1, 0.15) is 16.1 Å². The zero-order chi connectivity index (χ0) is 18.5. The molecule has 0 radical (unpaired) electrons. The topological polar surface area (TPSA) is 59.8 Å². The van der Waals surface area contributed by atoms with E-state index < -0.39 is 0 Å². The molecule has 0 aliphatic carbocycles. The van der Waals surface area contributed by atoms with E-state index in [1.807, 2.05) is 76.9 Å². The number of hydrogen-bond acceptors (Lipinski definition) is 4. The molecule has 5 nitrogen and oxygen atoms in total. The first-order valence-electron chi connectivity index (χ1n) is 8.67. The van der Waals surface area contributed by atoms with E-state index >= 15 is 0 Å². The first kappa shape index (κ1) is 17.2. The number of thiazole rings is 1. The average molecular weight is 374 g/mol. The first-order valence-corrected chi connectivity index (χ1v) is 9.55. The van der Waals surface area contributed by atoms with Gasteiger partial charge in [-0.2, -0.15) is 0 Å². The molecule has 0 saturated carbocycles. The normalized spacial score (nSPS) is 10.7. The van der Waals surface area contributed by atoms with E-state index in [1.54, 1.807) is 17.5 Å². The molecule has 0 unspecified atom stereocenters. The first-order chi connectivity index (χ1) is 13.3. The summed E-state index contributed by atoms with van der Waals surface area (Å²) in [5, 5.41) is 5.87. The molecule has 4 aromatic rings. The van der Waals surface area contributed by atoms with Crippen molar-refractivity contribution in [1.82, 2.24) is 19.9 Å². The van der Waals surface area contributed by atoms with Gasteiger partial charge in [-0.3, -0.25) is 9.78 Å². The number of benzene rings is 1. The molecule has 0 saturated heterocycles. The summed E-state index contributed by atoms with van der Waals surface area (Å²) in [5.41, 5.74) is 3.52. The van der Waals surface area contributed by atoms with Gasteiger partial charge in [0.1, 0.15) is 5.01 Å². The van der Waals surface area contributed by atoms with Crippen LogP contribution in [0.2, 0.25) is 0 Å². The maximum Gasteiger partial charge on any atom is 0.251 e. The van der Waals surface area contributed by atoms with Crippen molar-refractivity contribution in [2.75, 3.05) is 6.54 Å². The van der Waals surface area contributed by atoms with Crippen molar-refractivity contribution in [2.24, 2.45) is 0 Å². The summed E-state index contributed by atoms with van der Waals surface area (Å²) >= 11 is 1.57. The van der Waals surface area contributed by atoms with E-state index in [9.17, 15) is 4.79 Å². The maximum absolute atomic E-state index is 12.3. The van der Waals surface area contributed by atoms with Gasteiger partial charge in [0.25, 0.3) is 5.91 Å². The Morgan fingerprint density at radius 1 is 1.04 bits per heavy atom. The van der Waals surface area contributed by atoms with Gasteiger partial charge in [-0.25, -0.2) is 4.98 Å². The number of hydrogen-bond donors (Lipinski definition) is 1. The van der Waals surface area contributed by atoms with Gasteiger partial charge in [-0.1, -0.05) is 6.07 Å². The summed E-state index contributed by atoms with van der Waals surface area (Å²) in [5.74, 6) is -0.0748. The third-order valence-corrected chi connectivity index (χ3v) is 5.05. The van der Waals surface area contributed by atoms with Gasteiger partial charge in [0.05, 0.1) is 11.4 Å². The van der Waals surface area contributed by atoms with Crippen molar-refractivity contribution >= 4 is 17.2 Å². The Kier molecular flexibility index (Phi) is 5.07. The van der Waals surface area contributed by atoms with Gasteiger partial charge >= 0.3 is 0 Å². The Hall–Kier alpha value is -3.25. The van der Waals surface area contributed by atoms with Crippen molar-refractivity contribution < 1.29 is 4.79 Å². The van der Waals surface area contributed by atoms with Crippen LogP contribution in [0, 0.1) is 0 Å². The molecule has 3 aromatic heterocycles. The number of aromatic nitrogens is 3. The molecule has 0 fully saturated rings. The van der Waals surface area contributed by atoms with Gasteiger partial charge in [0, 0.05) is 48.2 Å². The Morgan fingerprint density at radius 3 is 2.59 bits per heavy atom. The summed E-state index contributed by atoms with van der Waals surface area (Å²) < 4.78 is 2.00. The zero-order valence-electron chi connectivity index (χ0n) is 14.6. The Bertz CT molecular complexity index is 1010. The molecule has 1 N–H and O–H groups in total. The highest BCUT2D eigenvalue weighted by Crippen LogP contribution is 2.21. The van der Waals surface area contributed by atoms with Gasteiger partial charge < -0.3 is 9.88 Å². The molecule has 0 bridgehead atoms. The van der Waals surface area contributed by atoms with Crippen molar-refractivity contribution in [3.63, 3.8) is 0 Å². The fourth-order valence-electron chi connectivity index (χ4n) is 2.73. The average Bonchev–Trinajstić information content (AvgIpc) is 3.41. The van der Waals surface area contributed by atoms with Crippen molar-refractivity contribution in [3.05, 3.63) is 89.8 Å². The number of carbonyl (C=O) groups excluding carboxylic acids is 1. The van der Waals surface area contributed by atoms with E-state index in [0.717, 1.165) is 22.1 Å². The summed E-state index contributed by atoms with van der Waals surface area (Å²) in [4.78, 5) is 21.2. The molecule has 27 heavy (non-hydrogen) atoms. The number of nitrogens with one attached hydrogen (secondary N) is 1. The predicted octanol–water partition coefficient (Wildman–Crippen LogP) is 3.97. The van der Waals surface area contributed by atoms with Crippen molar-refractivity contribution in [2.45, 2.75) is 6.42 Å². The summed E-state index contributed by atoms with van der Waals surface area (Å²) in [6.07, 6.45) is 6.40. The minimum absolute atomic E-state index is 0.0748. The minimum Gasteiger partial charge on any atom is -0.352 e. The van der Waals surface area contributed by atoms with E-state index in [1.165, 1.54) is 0 Å². The quantitative estimate of drug-likeness (QED) is 0.556. The monoisotopic (exact) mass is 374 g/mol. The number of carbonyl (C=O) groups is 1. The summed E-state index contributed by atoms with van der Waals surface area (Å²) in [7, 11) is 0. The molecule has 1 aromatic carbocycles. The molecule has 6 heteroatoms. The Labute approximate surface area is 161 Å². The second-order valence-electron chi connectivity index (χ2n) is 6.00.